The molecule has 0 amide bonds. The average Bonchev–Trinajstić information content (AvgIpc) is 3.36. The highest BCUT2D eigenvalue weighted by atomic mass is 32.2. The highest BCUT2D eigenvalue weighted by Crippen LogP contribution is 2.30. The summed E-state index contributed by atoms with van der Waals surface area (Å²) >= 11 is 1.58. The Morgan fingerprint density at radius 3 is 2.47 bits per heavy atom. The number of nitrogens with zero attached hydrogens (tertiary/aromatic N) is 6. The van der Waals surface area contributed by atoms with Gasteiger partial charge in [0.2, 0.25) is 5.82 Å². The Hall–Kier alpha value is -3.26. The smallest absolute Gasteiger partial charge is 0.205 e. The van der Waals surface area contributed by atoms with Crippen molar-refractivity contribution in [2.75, 3.05) is 17.7 Å². The molecule has 0 radical (unpaired) electrons. The van der Waals surface area contributed by atoms with Crippen LogP contribution in [0, 0.1) is 6.92 Å². The van der Waals surface area contributed by atoms with Crippen molar-refractivity contribution >= 4 is 17.6 Å². The molecule has 0 saturated carbocycles. The van der Waals surface area contributed by atoms with Crippen molar-refractivity contribution in [3.8, 4) is 22.5 Å². The summed E-state index contributed by atoms with van der Waals surface area (Å²) in [5.74, 6) is 1.58. The van der Waals surface area contributed by atoms with E-state index in [1.807, 2.05) is 31.4 Å². The van der Waals surface area contributed by atoms with Gasteiger partial charge in [0.25, 0.3) is 0 Å². The first-order valence-corrected chi connectivity index (χ1v) is 12.0. The first-order chi connectivity index (χ1) is 15.7. The van der Waals surface area contributed by atoms with E-state index in [0.717, 1.165) is 59.3 Å². The van der Waals surface area contributed by atoms with Crippen molar-refractivity contribution in [1.29, 1.82) is 0 Å². The number of unbranched alkanes of at least 4 members (excludes halogenated alkanes) is 1. The molecule has 0 unspecified atom stereocenters. The lowest BCUT2D eigenvalue weighted by Gasteiger charge is -2.24. The molecule has 0 aliphatic heterocycles. The van der Waals surface area contributed by atoms with E-state index in [1.165, 1.54) is 5.56 Å². The van der Waals surface area contributed by atoms with Crippen molar-refractivity contribution in [3.63, 3.8) is 0 Å². The normalized spacial score (nSPS) is 11.0. The maximum atomic E-state index is 4.76. The maximum Gasteiger partial charge on any atom is 0.205 e. The molecule has 2 aromatic heterocycles. The van der Waals surface area contributed by atoms with Crippen LogP contribution in [-0.4, -0.2) is 43.4 Å². The summed E-state index contributed by atoms with van der Waals surface area (Å²) in [6.07, 6.45) is 4.27. The third kappa shape index (κ3) is 5.13. The summed E-state index contributed by atoms with van der Waals surface area (Å²) in [6.45, 7) is 6.01. The van der Waals surface area contributed by atoms with E-state index >= 15 is 0 Å². The third-order valence-corrected chi connectivity index (χ3v) is 5.81. The Morgan fingerprint density at radius 1 is 1.00 bits per heavy atom. The number of anilines is 1. The molecule has 2 aromatic carbocycles. The standard InChI is InChI=1S/C24H27N7S/c1-4-5-14-31(22-15-17(2)25-24(26-22)32-3)16-18-10-12-19(13-11-18)20-8-6-7-9-21(20)23-27-29-30-28-23/h6-13,15H,4-5,14,16H2,1-3H3,(H,27,28,29,30). The summed E-state index contributed by atoms with van der Waals surface area (Å²) in [5.41, 5.74) is 5.40. The SMILES string of the molecule is CCCCN(Cc1ccc(-c2ccccc2-c2nn[nH]n2)cc1)c1cc(C)nc(SC)n1. The Labute approximate surface area is 192 Å². The van der Waals surface area contributed by atoms with E-state index in [-0.39, 0.29) is 0 Å². The monoisotopic (exact) mass is 445 g/mol. The predicted molar refractivity (Wildman–Crippen MR) is 130 cm³/mol. The van der Waals surface area contributed by atoms with Crippen molar-refractivity contribution in [1.82, 2.24) is 30.6 Å². The van der Waals surface area contributed by atoms with Crippen molar-refractivity contribution in [2.45, 2.75) is 38.4 Å². The minimum absolute atomic E-state index is 0.596. The number of aryl methyl sites for hydroxylation is 1. The lowest BCUT2D eigenvalue weighted by atomic mass is 9.98. The second-order valence-corrected chi connectivity index (χ2v) is 8.38. The highest BCUT2D eigenvalue weighted by molar-refractivity contribution is 7.98. The van der Waals surface area contributed by atoms with E-state index in [9.17, 15) is 0 Å². The molecule has 1 N–H and O–H groups in total. The van der Waals surface area contributed by atoms with Crippen molar-refractivity contribution in [3.05, 3.63) is 65.9 Å². The van der Waals surface area contributed by atoms with Gasteiger partial charge in [-0.15, -0.1) is 10.2 Å². The van der Waals surface area contributed by atoms with Gasteiger partial charge in [-0.2, -0.15) is 5.21 Å². The Morgan fingerprint density at radius 2 is 1.78 bits per heavy atom. The van der Waals surface area contributed by atoms with Gasteiger partial charge >= 0.3 is 0 Å². The Bertz CT molecular complexity index is 1140. The maximum absolute atomic E-state index is 4.76. The minimum Gasteiger partial charge on any atom is -0.352 e. The fourth-order valence-electron chi connectivity index (χ4n) is 3.62. The molecular weight excluding hydrogens is 418 g/mol. The Kier molecular flexibility index (Phi) is 7.11. The zero-order chi connectivity index (χ0) is 22.3. The van der Waals surface area contributed by atoms with Crippen LogP contribution in [0.1, 0.15) is 31.0 Å². The van der Waals surface area contributed by atoms with Crippen LogP contribution >= 0.6 is 11.8 Å². The molecule has 4 rings (SSSR count). The number of nitrogens with one attached hydrogen (secondary N) is 1. The third-order valence-electron chi connectivity index (χ3n) is 5.26. The number of rotatable bonds is 9. The van der Waals surface area contributed by atoms with Crippen LogP contribution < -0.4 is 4.90 Å². The van der Waals surface area contributed by atoms with Crippen molar-refractivity contribution in [2.24, 2.45) is 0 Å². The van der Waals surface area contributed by atoms with E-state index in [1.54, 1.807) is 11.8 Å². The van der Waals surface area contributed by atoms with Crippen LogP contribution in [0.4, 0.5) is 5.82 Å². The summed E-state index contributed by atoms with van der Waals surface area (Å²) in [5, 5.41) is 15.3. The number of aromatic amines is 1. The average molecular weight is 446 g/mol. The molecule has 0 spiro atoms. The largest absolute Gasteiger partial charge is 0.352 e. The number of hydrogen-bond donors (Lipinski definition) is 1. The summed E-state index contributed by atoms with van der Waals surface area (Å²) < 4.78 is 0. The van der Waals surface area contributed by atoms with Crippen LogP contribution in [0.5, 0.6) is 0 Å². The first kappa shape index (κ1) is 22.0. The van der Waals surface area contributed by atoms with Gasteiger partial charge in [-0.3, -0.25) is 0 Å². The molecule has 32 heavy (non-hydrogen) atoms. The summed E-state index contributed by atoms with van der Waals surface area (Å²) in [4.78, 5) is 11.6. The van der Waals surface area contributed by atoms with Gasteiger partial charge < -0.3 is 4.90 Å². The lowest BCUT2D eigenvalue weighted by molar-refractivity contribution is 0.699. The molecule has 0 aliphatic carbocycles. The van der Waals surface area contributed by atoms with Crippen LogP contribution in [-0.2, 0) is 6.54 Å². The molecule has 8 heteroatoms. The van der Waals surface area contributed by atoms with Crippen LogP contribution in [0.25, 0.3) is 22.5 Å². The number of tetrazole rings is 1. The number of benzene rings is 2. The highest BCUT2D eigenvalue weighted by Gasteiger charge is 2.13. The fourth-order valence-corrected chi connectivity index (χ4v) is 4.04. The Balaban J connectivity index is 1.59. The first-order valence-electron chi connectivity index (χ1n) is 10.7. The van der Waals surface area contributed by atoms with Crippen LogP contribution in [0.15, 0.2) is 59.8 Å². The molecule has 0 fully saturated rings. The number of H-pyrrole nitrogens is 1. The minimum atomic E-state index is 0.596. The number of aromatic nitrogens is 6. The zero-order valence-electron chi connectivity index (χ0n) is 18.6. The van der Waals surface area contributed by atoms with Gasteiger partial charge in [0.05, 0.1) is 0 Å². The lowest BCUT2D eigenvalue weighted by Crippen LogP contribution is -2.25. The molecule has 0 atom stereocenters. The quantitative estimate of drug-likeness (QED) is 0.281. The van der Waals surface area contributed by atoms with Crippen LogP contribution in [0.3, 0.4) is 0 Å². The molecule has 0 saturated heterocycles. The molecule has 0 aliphatic rings. The zero-order valence-corrected chi connectivity index (χ0v) is 19.4. The molecule has 164 valence electrons. The fraction of sp³-hybridized carbons (Fsp3) is 0.292. The van der Waals surface area contributed by atoms with Crippen LogP contribution in [0.2, 0.25) is 0 Å². The van der Waals surface area contributed by atoms with Gasteiger partial charge in [0, 0.05) is 30.4 Å². The van der Waals surface area contributed by atoms with Gasteiger partial charge in [0.1, 0.15) is 5.82 Å². The molecule has 0 bridgehead atoms. The summed E-state index contributed by atoms with van der Waals surface area (Å²) in [7, 11) is 0. The van der Waals surface area contributed by atoms with Crippen molar-refractivity contribution < 1.29 is 0 Å². The van der Waals surface area contributed by atoms with Gasteiger partial charge in [0.15, 0.2) is 5.16 Å². The second-order valence-electron chi connectivity index (χ2n) is 7.61. The van der Waals surface area contributed by atoms with Gasteiger partial charge in [-0.1, -0.05) is 73.6 Å². The van der Waals surface area contributed by atoms with E-state index in [4.69, 9.17) is 4.98 Å². The van der Waals surface area contributed by atoms with Gasteiger partial charge in [-0.25, -0.2) is 9.97 Å². The summed E-state index contributed by atoms with van der Waals surface area (Å²) in [6, 6.07) is 18.9. The number of hydrogen-bond acceptors (Lipinski definition) is 7. The van der Waals surface area contributed by atoms with E-state index in [2.05, 4.69) is 73.8 Å². The molecular formula is C24H27N7S. The molecule has 2 heterocycles. The van der Waals surface area contributed by atoms with Gasteiger partial charge in [-0.05, 0) is 41.5 Å². The predicted octanol–water partition coefficient (Wildman–Crippen LogP) is 5.16. The molecule has 7 nitrogen and oxygen atoms in total. The molecule has 4 aromatic rings. The van der Waals surface area contributed by atoms with E-state index in [0.29, 0.717) is 5.82 Å². The topological polar surface area (TPSA) is 83.5 Å². The second kappa shape index (κ2) is 10.4. The van der Waals surface area contributed by atoms with E-state index < -0.39 is 0 Å². The number of thioether (sulfide) groups is 1.